The van der Waals surface area contributed by atoms with E-state index in [0.717, 1.165) is 5.99 Å². The Kier molecular flexibility index (Phi) is 9.83. The minimum Gasteiger partial charge on any atom is -0.210 e. The third-order valence-electron chi connectivity index (χ3n) is 2.07. The fraction of sp³-hybridized carbons (Fsp3) is 1.00. The maximum absolute atomic E-state index is 2.29. The molecule has 0 saturated heterocycles. The highest BCUT2D eigenvalue weighted by Crippen LogP contribution is 2.19. The molecule has 0 saturated carbocycles. The zero-order valence-electron chi connectivity index (χ0n) is 8.94. The lowest BCUT2D eigenvalue weighted by Crippen LogP contribution is -2.07. The Hall–Kier alpha value is 0.415. The van der Waals surface area contributed by atoms with E-state index in [9.17, 15) is 0 Å². The molecule has 0 unspecified atom stereocenters. The van der Waals surface area contributed by atoms with Gasteiger partial charge in [-0.15, -0.1) is 0 Å². The van der Waals surface area contributed by atoms with Crippen molar-refractivity contribution < 1.29 is 0 Å². The maximum Gasteiger partial charge on any atom is 0.209 e. The summed E-state index contributed by atoms with van der Waals surface area (Å²) in [4.78, 5) is 0. The summed E-state index contributed by atoms with van der Waals surface area (Å²) in [6.45, 7) is 6.86. The second kappa shape index (κ2) is 9.50. The van der Waals surface area contributed by atoms with Crippen LogP contribution in [0, 0.1) is 0 Å². The molecule has 2 heteroatoms. The van der Waals surface area contributed by atoms with Crippen LogP contribution in [-0.4, -0.2) is 11.7 Å². The predicted molar refractivity (Wildman–Crippen MR) is 63.3 cm³/mol. The van der Waals surface area contributed by atoms with Crippen LogP contribution in [0.5, 0.6) is 0 Å². The molecule has 0 N–H and O–H groups in total. The van der Waals surface area contributed by atoms with Crippen molar-refractivity contribution in [1.82, 2.24) is 0 Å². The lowest BCUT2D eigenvalue weighted by Gasteiger charge is -2.10. The molecule has 0 aromatic heterocycles. The van der Waals surface area contributed by atoms with E-state index in [0.29, 0.717) is 0 Å². The van der Waals surface area contributed by atoms with Crippen LogP contribution in [0.4, 0.5) is 0 Å². The minimum atomic E-state index is 0.951. The first-order valence-electron chi connectivity index (χ1n) is 5.46. The average Bonchev–Trinajstić information content (AvgIpc) is 2.06. The molecule has 0 heterocycles. The lowest BCUT2D eigenvalue weighted by molar-refractivity contribution is 0.897. The van der Waals surface area contributed by atoms with Gasteiger partial charge in [0.05, 0.1) is 0 Å². The summed E-state index contributed by atoms with van der Waals surface area (Å²) >= 11 is 2.20. The van der Waals surface area contributed by atoms with E-state index in [1.54, 1.807) is 0 Å². The van der Waals surface area contributed by atoms with Gasteiger partial charge in [-0.2, -0.15) is 0 Å². The first-order chi connectivity index (χ1) is 5.85. The smallest absolute Gasteiger partial charge is 0.209 e. The van der Waals surface area contributed by atoms with Crippen LogP contribution in [0.25, 0.3) is 0 Å². The van der Waals surface area contributed by atoms with E-state index in [-0.39, 0.29) is 0 Å². The van der Waals surface area contributed by atoms with E-state index in [2.05, 4.69) is 32.4 Å². The van der Waals surface area contributed by atoms with Gasteiger partial charge >= 0.3 is 0 Å². The third kappa shape index (κ3) is 7.09. The summed E-state index contributed by atoms with van der Waals surface area (Å²) in [5, 5.41) is 0. The molecule has 0 aromatic rings. The van der Waals surface area contributed by atoms with Crippen molar-refractivity contribution in [2.75, 3.05) is 5.75 Å². The highest BCUT2D eigenvalue weighted by Gasteiger charge is 2.10. The lowest BCUT2D eigenvalue weighted by atomic mass is 9.67. The van der Waals surface area contributed by atoms with Crippen molar-refractivity contribution in [3.8, 4) is 0 Å². The van der Waals surface area contributed by atoms with Gasteiger partial charge in [-0.3, -0.25) is 0 Å². The molecule has 0 aliphatic carbocycles. The summed E-state index contributed by atoms with van der Waals surface area (Å²) in [5.41, 5.74) is 0. The Bertz CT molecular complexity index is 79.9. The molecule has 0 atom stereocenters. The zero-order chi connectivity index (χ0) is 9.23. The molecular formula is C10H23BS. The molecule has 0 radical (unpaired) electrons. The monoisotopic (exact) mass is 186 g/mol. The molecule has 72 valence electrons. The quantitative estimate of drug-likeness (QED) is 0.401. The molecule has 0 aliphatic rings. The topological polar surface area (TPSA) is 0 Å². The first kappa shape index (κ1) is 12.4. The molecule has 0 spiro atoms. The fourth-order valence-electron chi connectivity index (χ4n) is 1.35. The van der Waals surface area contributed by atoms with Crippen LogP contribution in [0.1, 0.15) is 46.5 Å². The van der Waals surface area contributed by atoms with Gasteiger partial charge < -0.3 is 0 Å². The largest absolute Gasteiger partial charge is 0.210 e. The molecule has 0 fully saturated rings. The third-order valence-corrected chi connectivity index (χ3v) is 3.54. The predicted octanol–water partition coefficient (Wildman–Crippen LogP) is 4.33. The highest BCUT2D eigenvalue weighted by molar-refractivity contribution is 8.25. The molecule has 0 nitrogen and oxygen atoms in total. The van der Waals surface area contributed by atoms with Crippen LogP contribution < -0.4 is 0 Å². The SMILES string of the molecule is CCCCSB(CCC)CCC. The second-order valence-electron chi connectivity index (χ2n) is 3.42. The zero-order valence-corrected chi connectivity index (χ0v) is 9.75. The number of hydrogen-bond acceptors (Lipinski definition) is 1. The molecule has 0 amide bonds. The van der Waals surface area contributed by atoms with Gasteiger partial charge in [-0.05, 0) is 12.2 Å². The summed E-state index contributed by atoms with van der Waals surface area (Å²) in [7, 11) is 0. The minimum absolute atomic E-state index is 0.951. The van der Waals surface area contributed by atoms with Crippen LogP contribution in [-0.2, 0) is 0 Å². The van der Waals surface area contributed by atoms with E-state index in [4.69, 9.17) is 0 Å². The summed E-state index contributed by atoms with van der Waals surface area (Å²) < 4.78 is 0. The normalized spacial score (nSPS) is 10.2. The summed E-state index contributed by atoms with van der Waals surface area (Å²) in [6.07, 6.45) is 8.28. The van der Waals surface area contributed by atoms with Crippen molar-refractivity contribution in [3.63, 3.8) is 0 Å². The second-order valence-corrected chi connectivity index (χ2v) is 4.83. The van der Waals surface area contributed by atoms with Crippen molar-refractivity contribution in [2.45, 2.75) is 59.1 Å². The maximum atomic E-state index is 2.29. The fourth-order valence-corrected chi connectivity index (χ4v) is 2.94. The van der Waals surface area contributed by atoms with Crippen molar-refractivity contribution in [2.24, 2.45) is 0 Å². The van der Waals surface area contributed by atoms with Gasteiger partial charge in [0.25, 0.3) is 0 Å². The van der Waals surface area contributed by atoms with Crippen molar-refractivity contribution in [1.29, 1.82) is 0 Å². The van der Waals surface area contributed by atoms with Crippen LogP contribution in [0.2, 0.25) is 12.6 Å². The number of hydrogen-bond donors (Lipinski definition) is 0. The van der Waals surface area contributed by atoms with Gasteiger partial charge in [-0.25, -0.2) is 11.6 Å². The number of unbranched alkanes of at least 4 members (excludes halogenated alkanes) is 1. The van der Waals surface area contributed by atoms with Crippen LogP contribution in [0.3, 0.4) is 0 Å². The Labute approximate surface area is 82.9 Å². The average molecular weight is 186 g/mol. The Balaban J connectivity index is 3.34. The van der Waals surface area contributed by atoms with E-state index < -0.39 is 0 Å². The van der Waals surface area contributed by atoms with Crippen LogP contribution >= 0.6 is 11.6 Å². The Morgan fingerprint density at radius 2 is 1.50 bits per heavy atom. The highest BCUT2D eigenvalue weighted by atomic mass is 32.2. The molecule has 0 aromatic carbocycles. The van der Waals surface area contributed by atoms with Gasteiger partial charge in [0, 0.05) is 0 Å². The van der Waals surface area contributed by atoms with E-state index >= 15 is 0 Å². The molecular weight excluding hydrogens is 163 g/mol. The molecule has 0 bridgehead atoms. The van der Waals surface area contributed by atoms with Gasteiger partial charge in [0.15, 0.2) is 0 Å². The summed E-state index contributed by atoms with van der Waals surface area (Å²) in [6, 6.07) is 0. The standard InChI is InChI=1S/C10H23BS/c1-4-7-10-12-11(8-5-2)9-6-3/h4-10H2,1-3H3. The number of rotatable bonds is 8. The van der Waals surface area contributed by atoms with E-state index in [1.165, 1.54) is 44.1 Å². The van der Waals surface area contributed by atoms with Crippen molar-refractivity contribution in [3.05, 3.63) is 0 Å². The summed E-state index contributed by atoms with van der Waals surface area (Å²) in [5.74, 6) is 2.33. The van der Waals surface area contributed by atoms with Gasteiger partial charge in [0.1, 0.15) is 0 Å². The van der Waals surface area contributed by atoms with Crippen LogP contribution in [0.15, 0.2) is 0 Å². The first-order valence-corrected chi connectivity index (χ1v) is 6.51. The Morgan fingerprint density at radius 1 is 0.917 bits per heavy atom. The molecule has 12 heavy (non-hydrogen) atoms. The Morgan fingerprint density at radius 3 is 1.92 bits per heavy atom. The van der Waals surface area contributed by atoms with Gasteiger partial charge in [0.2, 0.25) is 5.99 Å². The van der Waals surface area contributed by atoms with Gasteiger partial charge in [-0.1, -0.05) is 52.7 Å². The molecule has 0 aliphatic heterocycles. The van der Waals surface area contributed by atoms with E-state index in [1.807, 2.05) is 0 Å². The van der Waals surface area contributed by atoms with Crippen molar-refractivity contribution >= 4 is 17.6 Å². The molecule has 0 rings (SSSR count).